The Bertz CT molecular complexity index is 407. The minimum absolute atomic E-state index is 0.000927. The fraction of sp³-hybridized carbons (Fsp3) is 0.562. The first-order chi connectivity index (χ1) is 9.43. The lowest BCUT2D eigenvalue weighted by Gasteiger charge is -2.19. The summed E-state index contributed by atoms with van der Waals surface area (Å²) in [7, 11) is 1.64. The molecule has 0 saturated heterocycles. The van der Waals surface area contributed by atoms with Crippen molar-refractivity contribution in [3.8, 4) is 0 Å². The van der Waals surface area contributed by atoms with Crippen molar-refractivity contribution in [3.63, 3.8) is 0 Å². The van der Waals surface area contributed by atoms with Gasteiger partial charge < -0.3 is 15.4 Å². The van der Waals surface area contributed by atoms with E-state index in [2.05, 4.69) is 55.7 Å². The summed E-state index contributed by atoms with van der Waals surface area (Å²) in [6.07, 6.45) is 0. The van der Waals surface area contributed by atoms with E-state index >= 15 is 0 Å². The molecule has 0 radical (unpaired) electrons. The van der Waals surface area contributed by atoms with Crippen LogP contribution in [0.2, 0.25) is 0 Å². The molecule has 0 aromatic heterocycles. The minimum atomic E-state index is 0.000927. The van der Waals surface area contributed by atoms with Gasteiger partial charge in [-0.15, -0.1) is 0 Å². The van der Waals surface area contributed by atoms with Crippen LogP contribution in [-0.2, 0) is 21.5 Å². The molecule has 1 aromatic rings. The Labute approximate surface area is 121 Å². The minimum Gasteiger partial charge on any atom is -0.383 e. The SMILES string of the molecule is COCCNCC(=O)NCc1ccc(C(C)(C)C)cc1. The van der Waals surface area contributed by atoms with Gasteiger partial charge in [-0.25, -0.2) is 0 Å². The van der Waals surface area contributed by atoms with E-state index in [-0.39, 0.29) is 11.3 Å². The topological polar surface area (TPSA) is 50.4 Å². The summed E-state index contributed by atoms with van der Waals surface area (Å²) < 4.78 is 4.90. The largest absolute Gasteiger partial charge is 0.383 e. The molecule has 0 aliphatic heterocycles. The molecule has 0 saturated carbocycles. The number of nitrogens with one attached hydrogen (secondary N) is 2. The second-order valence-corrected chi connectivity index (χ2v) is 5.89. The molecule has 1 rings (SSSR count). The van der Waals surface area contributed by atoms with Crippen LogP contribution >= 0.6 is 0 Å². The molecule has 20 heavy (non-hydrogen) atoms. The molecule has 0 atom stereocenters. The maximum atomic E-state index is 11.6. The predicted octanol–water partition coefficient (Wildman–Crippen LogP) is 1.84. The smallest absolute Gasteiger partial charge is 0.234 e. The molecule has 0 unspecified atom stereocenters. The first-order valence-corrected chi connectivity index (χ1v) is 6.99. The summed E-state index contributed by atoms with van der Waals surface area (Å²) in [5, 5.41) is 5.91. The number of amides is 1. The zero-order valence-corrected chi connectivity index (χ0v) is 13.0. The Morgan fingerprint density at radius 3 is 2.40 bits per heavy atom. The van der Waals surface area contributed by atoms with E-state index in [9.17, 15) is 4.79 Å². The highest BCUT2D eigenvalue weighted by atomic mass is 16.5. The molecule has 112 valence electrons. The highest BCUT2D eigenvalue weighted by Gasteiger charge is 2.12. The van der Waals surface area contributed by atoms with Crippen molar-refractivity contribution in [1.29, 1.82) is 0 Å². The number of hydrogen-bond donors (Lipinski definition) is 2. The van der Waals surface area contributed by atoms with Crippen LogP contribution in [0.15, 0.2) is 24.3 Å². The highest BCUT2D eigenvalue weighted by Crippen LogP contribution is 2.21. The summed E-state index contributed by atoms with van der Waals surface area (Å²) in [5.74, 6) is 0.000927. The molecule has 0 heterocycles. The van der Waals surface area contributed by atoms with E-state index in [1.165, 1.54) is 5.56 Å². The molecule has 0 fully saturated rings. The van der Waals surface area contributed by atoms with E-state index in [0.29, 0.717) is 26.2 Å². The maximum Gasteiger partial charge on any atom is 0.234 e. The van der Waals surface area contributed by atoms with Crippen molar-refractivity contribution in [2.45, 2.75) is 32.7 Å². The van der Waals surface area contributed by atoms with Gasteiger partial charge in [0.2, 0.25) is 5.91 Å². The van der Waals surface area contributed by atoms with Crippen LogP contribution in [0.3, 0.4) is 0 Å². The monoisotopic (exact) mass is 278 g/mol. The van der Waals surface area contributed by atoms with Crippen LogP contribution < -0.4 is 10.6 Å². The van der Waals surface area contributed by atoms with Gasteiger partial charge >= 0.3 is 0 Å². The second-order valence-electron chi connectivity index (χ2n) is 5.89. The van der Waals surface area contributed by atoms with Gasteiger partial charge in [0.05, 0.1) is 13.2 Å². The molecule has 4 nitrogen and oxygen atoms in total. The summed E-state index contributed by atoms with van der Waals surface area (Å²) in [5.41, 5.74) is 2.57. The van der Waals surface area contributed by atoms with Crippen LogP contribution in [0.1, 0.15) is 31.9 Å². The third-order valence-corrected chi connectivity index (χ3v) is 3.08. The third-order valence-electron chi connectivity index (χ3n) is 3.08. The van der Waals surface area contributed by atoms with Crippen molar-refractivity contribution < 1.29 is 9.53 Å². The molecule has 0 bridgehead atoms. The van der Waals surface area contributed by atoms with Gasteiger partial charge in [-0.3, -0.25) is 4.79 Å². The molecule has 1 aromatic carbocycles. The van der Waals surface area contributed by atoms with Gasteiger partial charge in [0, 0.05) is 20.2 Å². The Morgan fingerprint density at radius 1 is 1.20 bits per heavy atom. The highest BCUT2D eigenvalue weighted by molar-refractivity contribution is 5.77. The van der Waals surface area contributed by atoms with Crippen molar-refractivity contribution in [1.82, 2.24) is 10.6 Å². The number of benzene rings is 1. The Kier molecular flexibility index (Phi) is 6.68. The molecular weight excluding hydrogens is 252 g/mol. The van der Waals surface area contributed by atoms with Gasteiger partial charge in [0.15, 0.2) is 0 Å². The number of ether oxygens (including phenoxy) is 1. The van der Waals surface area contributed by atoms with Crippen LogP contribution in [-0.4, -0.2) is 32.7 Å². The molecule has 0 aliphatic carbocycles. The van der Waals surface area contributed by atoms with Gasteiger partial charge in [-0.1, -0.05) is 45.0 Å². The Morgan fingerprint density at radius 2 is 1.85 bits per heavy atom. The lowest BCUT2D eigenvalue weighted by atomic mass is 9.87. The number of methoxy groups -OCH3 is 1. The average molecular weight is 278 g/mol. The molecule has 4 heteroatoms. The van der Waals surface area contributed by atoms with Crippen molar-refractivity contribution >= 4 is 5.91 Å². The lowest BCUT2D eigenvalue weighted by Crippen LogP contribution is -2.34. The van der Waals surface area contributed by atoms with Crippen molar-refractivity contribution in [2.75, 3.05) is 26.8 Å². The van der Waals surface area contributed by atoms with Gasteiger partial charge in [0.25, 0.3) is 0 Å². The first kappa shape index (κ1) is 16.7. The Balaban J connectivity index is 2.33. The zero-order chi connectivity index (χ0) is 15.0. The summed E-state index contributed by atoms with van der Waals surface area (Å²) >= 11 is 0. The lowest BCUT2D eigenvalue weighted by molar-refractivity contribution is -0.120. The number of hydrogen-bond acceptors (Lipinski definition) is 3. The maximum absolute atomic E-state index is 11.6. The van der Waals surface area contributed by atoms with E-state index in [4.69, 9.17) is 4.74 Å². The summed E-state index contributed by atoms with van der Waals surface area (Å²) in [4.78, 5) is 11.6. The van der Waals surface area contributed by atoms with Gasteiger partial charge in [-0.2, -0.15) is 0 Å². The van der Waals surface area contributed by atoms with Gasteiger partial charge in [0.1, 0.15) is 0 Å². The standard InChI is InChI=1S/C16H26N2O2/c1-16(2,3)14-7-5-13(6-8-14)11-18-15(19)12-17-9-10-20-4/h5-8,17H,9-12H2,1-4H3,(H,18,19). The van der Waals surface area contributed by atoms with E-state index in [1.807, 2.05) is 0 Å². The molecule has 0 aliphatic rings. The summed E-state index contributed by atoms with van der Waals surface area (Å²) in [6.45, 7) is 8.75. The van der Waals surface area contributed by atoms with E-state index in [1.54, 1.807) is 7.11 Å². The van der Waals surface area contributed by atoms with Gasteiger partial charge in [-0.05, 0) is 16.5 Å². The third kappa shape index (κ3) is 6.17. The van der Waals surface area contributed by atoms with Crippen LogP contribution in [0, 0.1) is 0 Å². The normalized spacial score (nSPS) is 11.4. The van der Waals surface area contributed by atoms with Crippen molar-refractivity contribution in [3.05, 3.63) is 35.4 Å². The number of carbonyl (C=O) groups excluding carboxylic acids is 1. The number of rotatable bonds is 7. The van der Waals surface area contributed by atoms with Crippen LogP contribution in [0.5, 0.6) is 0 Å². The molecule has 0 spiro atoms. The fourth-order valence-electron chi connectivity index (χ4n) is 1.76. The molecular formula is C16H26N2O2. The molecule has 2 N–H and O–H groups in total. The first-order valence-electron chi connectivity index (χ1n) is 6.99. The quantitative estimate of drug-likeness (QED) is 0.748. The number of carbonyl (C=O) groups is 1. The fourth-order valence-corrected chi connectivity index (χ4v) is 1.76. The zero-order valence-electron chi connectivity index (χ0n) is 13.0. The van der Waals surface area contributed by atoms with Crippen LogP contribution in [0.4, 0.5) is 0 Å². The second kappa shape index (κ2) is 8.02. The average Bonchev–Trinajstić information content (AvgIpc) is 2.41. The predicted molar refractivity (Wildman–Crippen MR) is 81.7 cm³/mol. The van der Waals surface area contributed by atoms with E-state index < -0.39 is 0 Å². The molecule has 1 amide bonds. The summed E-state index contributed by atoms with van der Waals surface area (Å²) in [6, 6.07) is 8.38. The van der Waals surface area contributed by atoms with Crippen molar-refractivity contribution in [2.24, 2.45) is 0 Å². The Hall–Kier alpha value is -1.39. The van der Waals surface area contributed by atoms with Crippen LogP contribution in [0.25, 0.3) is 0 Å². The van der Waals surface area contributed by atoms with E-state index in [0.717, 1.165) is 5.56 Å².